The molecule has 3 rings (SSSR count). The number of rotatable bonds is 6. The highest BCUT2D eigenvalue weighted by atomic mass is 35.5. The summed E-state index contributed by atoms with van der Waals surface area (Å²) < 4.78 is 32.5. The second kappa shape index (κ2) is 8.73. The Morgan fingerprint density at radius 1 is 0.897 bits per heavy atom. The van der Waals surface area contributed by atoms with Crippen molar-refractivity contribution in [3.05, 3.63) is 82.3 Å². The lowest BCUT2D eigenvalue weighted by Gasteiger charge is -2.12. The molecule has 0 bridgehead atoms. The number of sulfonamides is 1. The van der Waals surface area contributed by atoms with Crippen molar-refractivity contribution in [3.63, 3.8) is 0 Å². The molecule has 3 aromatic rings. The zero-order valence-corrected chi connectivity index (χ0v) is 17.5. The number of ether oxygens (including phenoxy) is 1. The predicted octanol–water partition coefficient (Wildman–Crippen LogP) is 5.06. The molecule has 0 heterocycles. The summed E-state index contributed by atoms with van der Waals surface area (Å²) in [5.41, 5.74) is 0.746. The smallest absolute Gasteiger partial charge is 0.261 e. The number of nitrogens with one attached hydrogen (secondary N) is 2. The van der Waals surface area contributed by atoms with Gasteiger partial charge in [-0.25, -0.2) is 8.42 Å². The van der Waals surface area contributed by atoms with Gasteiger partial charge in [0.15, 0.2) is 0 Å². The van der Waals surface area contributed by atoms with Crippen LogP contribution in [-0.4, -0.2) is 21.4 Å². The molecular weight excluding hydrogens is 435 g/mol. The Labute approximate surface area is 178 Å². The molecule has 0 saturated carbocycles. The third-order valence-corrected chi connectivity index (χ3v) is 5.95. The van der Waals surface area contributed by atoms with Crippen LogP contribution in [0.3, 0.4) is 0 Å². The van der Waals surface area contributed by atoms with Crippen LogP contribution in [0, 0.1) is 0 Å². The van der Waals surface area contributed by atoms with E-state index in [1.807, 2.05) is 0 Å². The minimum absolute atomic E-state index is 0.104. The number of benzene rings is 3. The zero-order chi connectivity index (χ0) is 21.0. The normalized spacial score (nSPS) is 11.0. The Hall–Kier alpha value is -2.74. The van der Waals surface area contributed by atoms with Gasteiger partial charge >= 0.3 is 0 Å². The van der Waals surface area contributed by atoms with Gasteiger partial charge in [0, 0.05) is 11.4 Å². The van der Waals surface area contributed by atoms with E-state index in [0.29, 0.717) is 16.5 Å². The van der Waals surface area contributed by atoms with Crippen LogP contribution in [0.25, 0.3) is 0 Å². The molecule has 1 amide bonds. The highest BCUT2D eigenvalue weighted by Crippen LogP contribution is 2.28. The quantitative estimate of drug-likeness (QED) is 0.549. The summed E-state index contributed by atoms with van der Waals surface area (Å²) >= 11 is 12.2. The molecule has 0 atom stereocenters. The van der Waals surface area contributed by atoms with E-state index in [2.05, 4.69) is 10.0 Å². The molecule has 0 spiro atoms. The molecule has 150 valence electrons. The first-order valence-electron chi connectivity index (χ1n) is 8.32. The van der Waals surface area contributed by atoms with E-state index in [1.54, 1.807) is 30.3 Å². The topological polar surface area (TPSA) is 84.5 Å². The van der Waals surface area contributed by atoms with Crippen molar-refractivity contribution >= 4 is 50.5 Å². The van der Waals surface area contributed by atoms with Gasteiger partial charge in [-0.15, -0.1) is 0 Å². The minimum atomic E-state index is -3.80. The molecule has 0 aromatic heterocycles. The fourth-order valence-corrected chi connectivity index (χ4v) is 4.05. The molecule has 0 radical (unpaired) electrons. The number of methoxy groups -OCH3 is 1. The first-order chi connectivity index (χ1) is 13.8. The van der Waals surface area contributed by atoms with E-state index >= 15 is 0 Å². The fraction of sp³-hybridized carbons (Fsp3) is 0.0500. The number of hydrogen-bond acceptors (Lipinski definition) is 4. The lowest BCUT2D eigenvalue weighted by molar-refractivity contribution is 0.102. The first-order valence-corrected chi connectivity index (χ1v) is 10.6. The van der Waals surface area contributed by atoms with Gasteiger partial charge in [-0.2, -0.15) is 0 Å². The zero-order valence-electron chi connectivity index (χ0n) is 15.1. The number of carbonyl (C=O) groups is 1. The summed E-state index contributed by atoms with van der Waals surface area (Å²) in [6.07, 6.45) is 0. The molecule has 0 aliphatic heterocycles. The van der Waals surface area contributed by atoms with Crippen LogP contribution in [0.15, 0.2) is 71.6 Å². The van der Waals surface area contributed by atoms with Crippen LogP contribution in [-0.2, 0) is 10.0 Å². The van der Waals surface area contributed by atoms with Crippen molar-refractivity contribution in [2.24, 2.45) is 0 Å². The van der Waals surface area contributed by atoms with E-state index < -0.39 is 15.9 Å². The molecule has 0 unspecified atom stereocenters. The van der Waals surface area contributed by atoms with Gasteiger partial charge in [0.2, 0.25) is 0 Å². The molecule has 0 aliphatic carbocycles. The van der Waals surface area contributed by atoms with Gasteiger partial charge in [-0.3, -0.25) is 9.52 Å². The van der Waals surface area contributed by atoms with Gasteiger partial charge in [-0.05, 0) is 48.5 Å². The van der Waals surface area contributed by atoms with Crippen LogP contribution in [0.4, 0.5) is 11.4 Å². The van der Waals surface area contributed by atoms with Crippen LogP contribution < -0.4 is 14.8 Å². The second-order valence-corrected chi connectivity index (χ2v) is 8.41. The summed E-state index contributed by atoms with van der Waals surface area (Å²) in [7, 11) is -2.31. The molecule has 3 aromatic carbocycles. The SMILES string of the molecule is COc1ccc(NC(=O)c2cc(NS(=O)(=O)c3ccccc3)ccc2Cl)cc1Cl. The van der Waals surface area contributed by atoms with E-state index in [0.717, 1.165) is 0 Å². The summed E-state index contributed by atoms with van der Waals surface area (Å²) in [4.78, 5) is 12.7. The Balaban J connectivity index is 1.83. The standard InChI is InChI=1S/C20H16Cl2N2O4S/c1-28-19-10-8-13(12-18(19)22)23-20(25)16-11-14(7-9-17(16)21)24-29(26,27)15-5-3-2-4-6-15/h2-12,24H,1H3,(H,23,25). The maximum Gasteiger partial charge on any atom is 0.261 e. The van der Waals surface area contributed by atoms with Crippen LogP contribution in [0.2, 0.25) is 10.0 Å². The van der Waals surface area contributed by atoms with Gasteiger partial charge in [0.25, 0.3) is 15.9 Å². The van der Waals surface area contributed by atoms with Crippen molar-refractivity contribution in [2.45, 2.75) is 4.90 Å². The Morgan fingerprint density at radius 3 is 2.24 bits per heavy atom. The van der Waals surface area contributed by atoms with Gasteiger partial charge < -0.3 is 10.1 Å². The van der Waals surface area contributed by atoms with Crippen molar-refractivity contribution in [1.82, 2.24) is 0 Å². The van der Waals surface area contributed by atoms with Crippen molar-refractivity contribution < 1.29 is 17.9 Å². The minimum Gasteiger partial charge on any atom is -0.495 e. The molecule has 9 heteroatoms. The van der Waals surface area contributed by atoms with Crippen molar-refractivity contribution in [3.8, 4) is 5.75 Å². The maximum absolute atomic E-state index is 12.6. The summed E-state index contributed by atoms with van der Waals surface area (Å²) in [6.45, 7) is 0. The summed E-state index contributed by atoms with van der Waals surface area (Å²) in [5.74, 6) is -0.0444. The number of hydrogen-bond donors (Lipinski definition) is 2. The van der Waals surface area contributed by atoms with Crippen molar-refractivity contribution in [2.75, 3.05) is 17.1 Å². The average molecular weight is 451 g/mol. The van der Waals surface area contributed by atoms with Gasteiger partial charge in [0.1, 0.15) is 5.75 Å². The molecule has 0 fully saturated rings. The van der Waals surface area contributed by atoms with Gasteiger partial charge in [0.05, 0.1) is 27.6 Å². The third kappa shape index (κ3) is 5.00. The number of carbonyl (C=O) groups excluding carboxylic acids is 1. The molecular formula is C20H16Cl2N2O4S. The molecule has 2 N–H and O–H groups in total. The van der Waals surface area contributed by atoms with E-state index in [-0.39, 0.29) is 21.2 Å². The Kier molecular flexibility index (Phi) is 6.32. The summed E-state index contributed by atoms with van der Waals surface area (Å²) in [5, 5.41) is 3.18. The number of anilines is 2. The average Bonchev–Trinajstić information content (AvgIpc) is 2.70. The van der Waals surface area contributed by atoms with E-state index in [9.17, 15) is 13.2 Å². The van der Waals surface area contributed by atoms with E-state index in [4.69, 9.17) is 27.9 Å². The first kappa shape index (κ1) is 21.0. The van der Waals surface area contributed by atoms with Crippen molar-refractivity contribution in [1.29, 1.82) is 0 Å². The Morgan fingerprint density at radius 2 is 1.59 bits per heavy atom. The lowest BCUT2D eigenvalue weighted by atomic mass is 10.2. The van der Waals surface area contributed by atoms with Crippen LogP contribution in [0.1, 0.15) is 10.4 Å². The highest BCUT2D eigenvalue weighted by Gasteiger charge is 2.17. The predicted molar refractivity (Wildman–Crippen MR) is 115 cm³/mol. The molecule has 29 heavy (non-hydrogen) atoms. The lowest BCUT2D eigenvalue weighted by Crippen LogP contribution is -2.15. The molecule has 6 nitrogen and oxygen atoms in total. The maximum atomic E-state index is 12.6. The monoisotopic (exact) mass is 450 g/mol. The van der Waals surface area contributed by atoms with Crippen LogP contribution in [0.5, 0.6) is 5.75 Å². The number of amides is 1. The second-order valence-electron chi connectivity index (χ2n) is 5.92. The Bertz CT molecular complexity index is 1150. The van der Waals surface area contributed by atoms with Crippen LogP contribution >= 0.6 is 23.2 Å². The van der Waals surface area contributed by atoms with E-state index in [1.165, 1.54) is 43.5 Å². The van der Waals surface area contributed by atoms with Gasteiger partial charge in [-0.1, -0.05) is 41.4 Å². The largest absolute Gasteiger partial charge is 0.495 e. The summed E-state index contributed by atoms with van der Waals surface area (Å²) in [6, 6.07) is 17.0. The molecule has 0 aliphatic rings. The highest BCUT2D eigenvalue weighted by molar-refractivity contribution is 7.92. The molecule has 0 saturated heterocycles. The third-order valence-electron chi connectivity index (χ3n) is 3.93. The fourth-order valence-electron chi connectivity index (χ4n) is 2.52. The number of halogens is 2.